The van der Waals surface area contributed by atoms with Crippen LogP contribution in [0.2, 0.25) is 0 Å². The summed E-state index contributed by atoms with van der Waals surface area (Å²) in [6.45, 7) is 4.60. The summed E-state index contributed by atoms with van der Waals surface area (Å²) in [7, 11) is 0. The lowest BCUT2D eigenvalue weighted by Gasteiger charge is -2.32. The monoisotopic (exact) mass is 324 g/mol. The zero-order chi connectivity index (χ0) is 15.1. The lowest BCUT2D eigenvalue weighted by atomic mass is 9.90. The van der Waals surface area contributed by atoms with Crippen LogP contribution in [0.15, 0.2) is 24.3 Å². The van der Waals surface area contributed by atoms with Gasteiger partial charge in [0.25, 0.3) is 0 Å². The summed E-state index contributed by atoms with van der Waals surface area (Å²) in [4.78, 5) is 14.0. The molecule has 4 heteroatoms. The van der Waals surface area contributed by atoms with Crippen molar-refractivity contribution in [2.75, 3.05) is 19.6 Å². The average Bonchev–Trinajstić information content (AvgIpc) is 2.52. The zero-order valence-corrected chi connectivity index (χ0v) is 14.4. The van der Waals surface area contributed by atoms with Gasteiger partial charge in [0.1, 0.15) is 0 Å². The Morgan fingerprint density at radius 1 is 1.23 bits per heavy atom. The molecule has 1 fully saturated rings. The van der Waals surface area contributed by atoms with E-state index in [1.165, 1.54) is 17.5 Å². The number of piperidine rings is 1. The van der Waals surface area contributed by atoms with E-state index in [0.717, 1.165) is 44.7 Å². The largest absolute Gasteiger partial charge is 0.343 e. The Bertz CT molecular complexity index is 439. The molecule has 1 aromatic carbocycles. The molecule has 1 amide bonds. The minimum absolute atomic E-state index is 0. The number of carbonyl (C=O) groups is 1. The first-order chi connectivity index (χ1) is 10.2. The van der Waals surface area contributed by atoms with Gasteiger partial charge in [-0.1, -0.05) is 29.8 Å². The van der Waals surface area contributed by atoms with Crippen molar-refractivity contribution in [2.24, 2.45) is 11.7 Å². The molecule has 0 aliphatic carbocycles. The van der Waals surface area contributed by atoms with Gasteiger partial charge in [-0.25, -0.2) is 0 Å². The van der Waals surface area contributed by atoms with E-state index in [4.69, 9.17) is 5.73 Å². The van der Waals surface area contributed by atoms with Crippen LogP contribution in [-0.2, 0) is 11.2 Å². The first kappa shape index (κ1) is 19.0. The van der Waals surface area contributed by atoms with Crippen molar-refractivity contribution >= 4 is 18.3 Å². The first-order valence-corrected chi connectivity index (χ1v) is 8.22. The molecule has 2 rings (SSSR count). The Kier molecular flexibility index (Phi) is 8.51. The Balaban J connectivity index is 0.00000242. The van der Waals surface area contributed by atoms with Crippen molar-refractivity contribution < 1.29 is 4.79 Å². The standard InChI is InChI=1S/C18H28N2O.ClH/c1-15-4-6-16(7-5-15)8-9-17-10-13-20(14-11-17)18(21)3-2-12-19;/h4-7,17H,2-3,8-14,19H2,1H3;1H. The number of rotatable bonds is 6. The fourth-order valence-corrected chi connectivity index (χ4v) is 3.01. The predicted molar refractivity (Wildman–Crippen MR) is 94.3 cm³/mol. The van der Waals surface area contributed by atoms with Crippen LogP contribution in [0.3, 0.4) is 0 Å². The molecule has 22 heavy (non-hydrogen) atoms. The fraction of sp³-hybridized carbons (Fsp3) is 0.611. The summed E-state index contributed by atoms with van der Waals surface area (Å²) in [6, 6.07) is 8.85. The van der Waals surface area contributed by atoms with Gasteiger partial charge < -0.3 is 10.6 Å². The van der Waals surface area contributed by atoms with Gasteiger partial charge >= 0.3 is 0 Å². The maximum atomic E-state index is 11.9. The van der Waals surface area contributed by atoms with Gasteiger partial charge in [0.05, 0.1) is 0 Å². The molecule has 2 N–H and O–H groups in total. The third-order valence-electron chi connectivity index (χ3n) is 4.52. The van der Waals surface area contributed by atoms with Gasteiger partial charge in [-0.15, -0.1) is 12.4 Å². The molecule has 1 heterocycles. The number of aryl methyl sites for hydroxylation is 2. The molecule has 3 nitrogen and oxygen atoms in total. The molecule has 1 aromatic rings. The van der Waals surface area contributed by atoms with Crippen LogP contribution in [0.5, 0.6) is 0 Å². The second-order valence-corrected chi connectivity index (χ2v) is 6.24. The van der Waals surface area contributed by atoms with Crippen LogP contribution < -0.4 is 5.73 Å². The van der Waals surface area contributed by atoms with E-state index >= 15 is 0 Å². The number of amides is 1. The number of nitrogens with two attached hydrogens (primary N) is 1. The van der Waals surface area contributed by atoms with Gasteiger partial charge in [-0.2, -0.15) is 0 Å². The number of likely N-dealkylation sites (tertiary alicyclic amines) is 1. The highest BCUT2D eigenvalue weighted by Gasteiger charge is 2.22. The maximum absolute atomic E-state index is 11.9. The van der Waals surface area contributed by atoms with Gasteiger partial charge in [0.2, 0.25) is 5.91 Å². The van der Waals surface area contributed by atoms with Crippen LogP contribution in [-0.4, -0.2) is 30.4 Å². The van der Waals surface area contributed by atoms with E-state index in [0.29, 0.717) is 13.0 Å². The van der Waals surface area contributed by atoms with E-state index in [1.54, 1.807) is 0 Å². The normalized spacial score (nSPS) is 15.5. The Morgan fingerprint density at radius 2 is 1.86 bits per heavy atom. The molecule has 0 saturated carbocycles. The minimum atomic E-state index is 0. The SMILES string of the molecule is Cc1ccc(CCC2CCN(C(=O)CCCN)CC2)cc1.Cl. The molecule has 1 saturated heterocycles. The molecule has 0 aromatic heterocycles. The van der Waals surface area contributed by atoms with Crippen molar-refractivity contribution in [3.05, 3.63) is 35.4 Å². The van der Waals surface area contributed by atoms with E-state index in [1.807, 2.05) is 4.90 Å². The van der Waals surface area contributed by atoms with E-state index in [9.17, 15) is 4.79 Å². The summed E-state index contributed by atoms with van der Waals surface area (Å²) in [5.41, 5.74) is 8.22. The number of hydrogen-bond acceptors (Lipinski definition) is 2. The topological polar surface area (TPSA) is 46.3 Å². The predicted octanol–water partition coefficient (Wildman–Crippen LogP) is 3.33. The number of benzene rings is 1. The number of halogens is 1. The molecular weight excluding hydrogens is 296 g/mol. The highest BCUT2D eigenvalue weighted by molar-refractivity contribution is 5.85. The van der Waals surface area contributed by atoms with Crippen LogP contribution >= 0.6 is 12.4 Å². The molecule has 124 valence electrons. The zero-order valence-electron chi connectivity index (χ0n) is 13.6. The summed E-state index contributed by atoms with van der Waals surface area (Å²) < 4.78 is 0. The summed E-state index contributed by atoms with van der Waals surface area (Å²) in [5.74, 6) is 1.06. The molecule has 0 atom stereocenters. The van der Waals surface area contributed by atoms with Crippen molar-refractivity contribution in [2.45, 2.75) is 45.4 Å². The van der Waals surface area contributed by atoms with Gasteiger partial charge in [-0.05, 0) is 57.1 Å². The average molecular weight is 325 g/mol. The molecule has 0 unspecified atom stereocenters. The number of nitrogens with zero attached hydrogens (tertiary/aromatic N) is 1. The molecule has 0 radical (unpaired) electrons. The lowest BCUT2D eigenvalue weighted by Crippen LogP contribution is -2.38. The maximum Gasteiger partial charge on any atom is 0.222 e. The van der Waals surface area contributed by atoms with Crippen molar-refractivity contribution in [1.29, 1.82) is 0 Å². The Labute approximate surface area is 140 Å². The number of hydrogen-bond donors (Lipinski definition) is 1. The van der Waals surface area contributed by atoms with Crippen molar-refractivity contribution in [3.8, 4) is 0 Å². The highest BCUT2D eigenvalue weighted by Crippen LogP contribution is 2.23. The third kappa shape index (κ3) is 5.98. The van der Waals surface area contributed by atoms with Crippen molar-refractivity contribution in [1.82, 2.24) is 4.90 Å². The molecule has 1 aliphatic heterocycles. The molecule has 1 aliphatic rings. The number of carbonyl (C=O) groups excluding carboxylic acids is 1. The quantitative estimate of drug-likeness (QED) is 0.872. The second kappa shape index (κ2) is 9.86. The Hall–Kier alpha value is -1.06. The lowest BCUT2D eigenvalue weighted by molar-refractivity contribution is -0.132. The molecule has 0 spiro atoms. The van der Waals surface area contributed by atoms with Crippen LogP contribution in [0.4, 0.5) is 0 Å². The van der Waals surface area contributed by atoms with Crippen LogP contribution in [0, 0.1) is 12.8 Å². The summed E-state index contributed by atoms with van der Waals surface area (Å²) in [6.07, 6.45) is 6.14. The highest BCUT2D eigenvalue weighted by atomic mass is 35.5. The van der Waals surface area contributed by atoms with Gasteiger partial charge in [0, 0.05) is 19.5 Å². The molecule has 0 bridgehead atoms. The molecular formula is C18H29ClN2O. The van der Waals surface area contributed by atoms with Gasteiger partial charge in [-0.3, -0.25) is 4.79 Å². The van der Waals surface area contributed by atoms with Crippen LogP contribution in [0.1, 0.15) is 43.2 Å². The van der Waals surface area contributed by atoms with E-state index in [-0.39, 0.29) is 18.3 Å². The Morgan fingerprint density at radius 3 is 2.45 bits per heavy atom. The second-order valence-electron chi connectivity index (χ2n) is 6.24. The van der Waals surface area contributed by atoms with Gasteiger partial charge in [0.15, 0.2) is 0 Å². The summed E-state index contributed by atoms with van der Waals surface area (Å²) in [5, 5.41) is 0. The van der Waals surface area contributed by atoms with E-state index < -0.39 is 0 Å². The first-order valence-electron chi connectivity index (χ1n) is 8.22. The summed E-state index contributed by atoms with van der Waals surface area (Å²) >= 11 is 0. The van der Waals surface area contributed by atoms with Crippen LogP contribution in [0.25, 0.3) is 0 Å². The van der Waals surface area contributed by atoms with Crippen molar-refractivity contribution in [3.63, 3.8) is 0 Å². The third-order valence-corrected chi connectivity index (χ3v) is 4.52. The smallest absolute Gasteiger partial charge is 0.222 e. The fourth-order valence-electron chi connectivity index (χ4n) is 3.01. The van der Waals surface area contributed by atoms with E-state index in [2.05, 4.69) is 31.2 Å². The minimum Gasteiger partial charge on any atom is -0.343 e.